The fraction of sp³-hybridized carbons (Fsp3) is 0.714. The van der Waals surface area contributed by atoms with E-state index in [9.17, 15) is 9.59 Å². The maximum Gasteiger partial charge on any atom is 0.313 e. The first-order valence-electron chi connectivity index (χ1n) is 6.78. The van der Waals surface area contributed by atoms with Crippen LogP contribution >= 0.6 is 0 Å². The molecule has 0 aromatic heterocycles. The Hall–Kier alpha value is -1.32. The first kappa shape index (κ1) is 13.1. The van der Waals surface area contributed by atoms with E-state index in [-0.39, 0.29) is 18.0 Å². The summed E-state index contributed by atoms with van der Waals surface area (Å²) in [5.74, 6) is -1.68. The first-order valence-corrected chi connectivity index (χ1v) is 6.78. The fourth-order valence-corrected chi connectivity index (χ4v) is 2.66. The van der Waals surface area contributed by atoms with Crippen LogP contribution in [0.2, 0.25) is 0 Å². The minimum atomic E-state index is -0.814. The lowest BCUT2D eigenvalue weighted by Crippen LogP contribution is -2.27. The number of carbonyl (C=O) groups excluding carboxylic acids is 1. The molecule has 2 rings (SSSR count). The molecule has 1 fully saturated rings. The topological polar surface area (TPSA) is 63.6 Å². The van der Waals surface area contributed by atoms with Gasteiger partial charge in [-0.1, -0.05) is 18.6 Å². The van der Waals surface area contributed by atoms with E-state index in [1.807, 2.05) is 0 Å². The van der Waals surface area contributed by atoms with Gasteiger partial charge in [-0.25, -0.2) is 0 Å². The molecule has 18 heavy (non-hydrogen) atoms. The molecular formula is C14H20O4. The fourth-order valence-electron chi connectivity index (χ4n) is 2.66. The van der Waals surface area contributed by atoms with Crippen molar-refractivity contribution < 1.29 is 19.4 Å². The summed E-state index contributed by atoms with van der Waals surface area (Å²) in [6.45, 7) is 0. The summed E-state index contributed by atoms with van der Waals surface area (Å²) in [7, 11) is 0. The van der Waals surface area contributed by atoms with Crippen LogP contribution in [-0.2, 0) is 14.3 Å². The van der Waals surface area contributed by atoms with Crippen molar-refractivity contribution in [3.8, 4) is 0 Å². The quantitative estimate of drug-likeness (QED) is 0.619. The molecule has 1 saturated carbocycles. The van der Waals surface area contributed by atoms with E-state index in [0.29, 0.717) is 12.8 Å². The van der Waals surface area contributed by atoms with Gasteiger partial charge in [-0.05, 0) is 38.5 Å². The summed E-state index contributed by atoms with van der Waals surface area (Å²) in [6, 6.07) is 0. The van der Waals surface area contributed by atoms with Crippen molar-refractivity contribution in [1.29, 1.82) is 0 Å². The van der Waals surface area contributed by atoms with Crippen LogP contribution in [-0.4, -0.2) is 23.1 Å². The van der Waals surface area contributed by atoms with Crippen LogP contribution < -0.4 is 0 Å². The Morgan fingerprint density at radius 2 is 1.56 bits per heavy atom. The van der Waals surface area contributed by atoms with E-state index in [2.05, 4.69) is 0 Å². The van der Waals surface area contributed by atoms with E-state index in [4.69, 9.17) is 9.84 Å². The van der Waals surface area contributed by atoms with E-state index < -0.39 is 11.9 Å². The number of carboxylic acid groups (broad SMARTS) is 1. The third-order valence-corrected chi connectivity index (χ3v) is 3.82. The third-order valence-electron chi connectivity index (χ3n) is 3.82. The second-order valence-corrected chi connectivity index (χ2v) is 5.21. The molecule has 0 bridgehead atoms. The number of ether oxygens (including phenoxy) is 1. The molecule has 2 atom stereocenters. The van der Waals surface area contributed by atoms with Crippen LogP contribution in [0.4, 0.5) is 0 Å². The Balaban J connectivity index is 1.83. The molecule has 0 aromatic rings. The lowest BCUT2D eigenvalue weighted by molar-refractivity contribution is -0.155. The summed E-state index contributed by atoms with van der Waals surface area (Å²) in [5, 5.41) is 8.86. The smallest absolute Gasteiger partial charge is 0.313 e. The van der Waals surface area contributed by atoms with Crippen LogP contribution in [0.15, 0.2) is 12.2 Å². The Bertz CT molecular complexity index is 342. The third kappa shape index (κ3) is 3.34. The van der Waals surface area contributed by atoms with E-state index >= 15 is 0 Å². The summed E-state index contributed by atoms with van der Waals surface area (Å²) in [4.78, 5) is 22.7. The van der Waals surface area contributed by atoms with Gasteiger partial charge < -0.3 is 9.84 Å². The van der Waals surface area contributed by atoms with Crippen LogP contribution in [0.3, 0.4) is 0 Å². The van der Waals surface area contributed by atoms with Gasteiger partial charge in [0.05, 0.1) is 11.8 Å². The van der Waals surface area contributed by atoms with Crippen LogP contribution in [0.25, 0.3) is 0 Å². The molecule has 4 heteroatoms. The summed E-state index contributed by atoms with van der Waals surface area (Å²) in [5.41, 5.74) is 0. The molecule has 0 amide bonds. The molecule has 2 aliphatic rings. The van der Waals surface area contributed by atoms with E-state index in [0.717, 1.165) is 25.7 Å². The van der Waals surface area contributed by atoms with Gasteiger partial charge in [-0.3, -0.25) is 9.59 Å². The molecule has 0 aromatic carbocycles. The summed E-state index contributed by atoms with van der Waals surface area (Å²) in [6.07, 6.45) is 9.97. The van der Waals surface area contributed by atoms with Gasteiger partial charge in [0.25, 0.3) is 0 Å². The van der Waals surface area contributed by atoms with Crippen molar-refractivity contribution >= 4 is 11.9 Å². The average Bonchev–Trinajstić information content (AvgIpc) is 2.40. The standard InChI is InChI=1S/C14H20O4/c15-13(16)10-6-8-11(9-7-10)14(17)18-12-4-2-1-3-5-12/h6,8,10-12H,1-5,7,9H2,(H,15,16). The number of hydrogen-bond donors (Lipinski definition) is 1. The predicted octanol–water partition coefficient (Wildman–Crippen LogP) is 2.53. The van der Waals surface area contributed by atoms with Gasteiger partial charge in [-0.15, -0.1) is 0 Å². The van der Waals surface area contributed by atoms with Gasteiger partial charge >= 0.3 is 11.9 Å². The monoisotopic (exact) mass is 252 g/mol. The van der Waals surface area contributed by atoms with Gasteiger partial charge in [0, 0.05) is 0 Å². The molecule has 0 spiro atoms. The number of carboxylic acids is 1. The van der Waals surface area contributed by atoms with E-state index in [1.54, 1.807) is 12.2 Å². The van der Waals surface area contributed by atoms with Crippen LogP contribution in [0.1, 0.15) is 44.9 Å². The highest BCUT2D eigenvalue weighted by molar-refractivity contribution is 5.77. The molecule has 0 heterocycles. The van der Waals surface area contributed by atoms with Gasteiger partial charge in [0.2, 0.25) is 0 Å². The van der Waals surface area contributed by atoms with Crippen molar-refractivity contribution in [2.24, 2.45) is 11.8 Å². The zero-order valence-electron chi connectivity index (χ0n) is 10.5. The second-order valence-electron chi connectivity index (χ2n) is 5.21. The molecule has 2 unspecified atom stereocenters. The number of hydrogen-bond acceptors (Lipinski definition) is 3. The van der Waals surface area contributed by atoms with Crippen LogP contribution in [0.5, 0.6) is 0 Å². The molecule has 4 nitrogen and oxygen atoms in total. The number of rotatable bonds is 3. The highest BCUT2D eigenvalue weighted by atomic mass is 16.5. The minimum absolute atomic E-state index is 0.0804. The number of esters is 1. The van der Waals surface area contributed by atoms with Crippen LogP contribution in [0, 0.1) is 11.8 Å². The predicted molar refractivity (Wildman–Crippen MR) is 66.0 cm³/mol. The van der Waals surface area contributed by atoms with E-state index in [1.165, 1.54) is 6.42 Å². The Morgan fingerprint density at radius 3 is 2.11 bits per heavy atom. The van der Waals surface area contributed by atoms with Gasteiger partial charge in [0.1, 0.15) is 6.10 Å². The normalized spacial score (nSPS) is 28.9. The molecule has 0 aliphatic heterocycles. The highest BCUT2D eigenvalue weighted by Gasteiger charge is 2.28. The Labute approximate surface area is 107 Å². The Kier molecular flexibility index (Phi) is 4.39. The number of carbonyl (C=O) groups is 2. The second kappa shape index (κ2) is 6.03. The van der Waals surface area contributed by atoms with Crippen molar-refractivity contribution in [1.82, 2.24) is 0 Å². The summed E-state index contributed by atoms with van der Waals surface area (Å²) >= 11 is 0. The lowest BCUT2D eigenvalue weighted by atomic mass is 9.88. The van der Waals surface area contributed by atoms with Crippen molar-refractivity contribution in [2.75, 3.05) is 0 Å². The Morgan fingerprint density at radius 1 is 0.944 bits per heavy atom. The minimum Gasteiger partial charge on any atom is -0.481 e. The molecular weight excluding hydrogens is 232 g/mol. The summed E-state index contributed by atoms with van der Waals surface area (Å²) < 4.78 is 5.49. The van der Waals surface area contributed by atoms with Crippen molar-refractivity contribution in [3.05, 3.63) is 12.2 Å². The SMILES string of the molecule is O=C(O)C1C=CC(C(=O)OC2CCCCC2)CC1. The first-order chi connectivity index (χ1) is 8.66. The molecule has 1 N–H and O–H groups in total. The largest absolute Gasteiger partial charge is 0.481 e. The van der Waals surface area contributed by atoms with Gasteiger partial charge in [-0.2, -0.15) is 0 Å². The highest BCUT2D eigenvalue weighted by Crippen LogP contribution is 2.26. The zero-order chi connectivity index (χ0) is 13.0. The maximum atomic E-state index is 11.9. The van der Waals surface area contributed by atoms with Crippen molar-refractivity contribution in [2.45, 2.75) is 51.0 Å². The lowest BCUT2D eigenvalue weighted by Gasteiger charge is -2.25. The average molecular weight is 252 g/mol. The van der Waals surface area contributed by atoms with Crippen molar-refractivity contribution in [3.63, 3.8) is 0 Å². The maximum absolute atomic E-state index is 11.9. The molecule has 0 radical (unpaired) electrons. The van der Waals surface area contributed by atoms with Gasteiger partial charge in [0.15, 0.2) is 0 Å². The number of aliphatic carboxylic acids is 1. The molecule has 2 aliphatic carbocycles. The molecule has 0 saturated heterocycles. The zero-order valence-corrected chi connectivity index (χ0v) is 10.5. The molecule has 100 valence electrons.